The standard InChI is InChI=1S/C13H20F3NO3/c1-12(2,3)7-4-10(7)20-11(19)17-5-8(9(18)6-17)13(14,15)16/h7-10,18H,4-6H2,1-3H3. The lowest BCUT2D eigenvalue weighted by atomic mass is 9.90. The molecule has 0 spiro atoms. The lowest BCUT2D eigenvalue weighted by Gasteiger charge is -2.20. The number of rotatable bonds is 1. The zero-order valence-electron chi connectivity index (χ0n) is 11.8. The Bertz CT molecular complexity index is 391. The quantitative estimate of drug-likeness (QED) is 0.808. The highest BCUT2D eigenvalue weighted by Crippen LogP contribution is 2.47. The van der Waals surface area contributed by atoms with Crippen molar-refractivity contribution in [1.29, 1.82) is 0 Å². The maximum atomic E-state index is 12.6. The number of amides is 1. The fourth-order valence-electron chi connectivity index (χ4n) is 2.67. The summed E-state index contributed by atoms with van der Waals surface area (Å²) in [5.74, 6) is -1.63. The third-order valence-corrected chi connectivity index (χ3v) is 4.06. The highest BCUT2D eigenvalue weighted by Gasteiger charge is 2.52. The molecule has 0 bridgehead atoms. The third kappa shape index (κ3) is 3.19. The summed E-state index contributed by atoms with van der Waals surface area (Å²) in [5.41, 5.74) is 0.0178. The summed E-state index contributed by atoms with van der Waals surface area (Å²) in [7, 11) is 0. The Balaban J connectivity index is 1.87. The molecule has 116 valence electrons. The number of aliphatic hydroxyl groups is 1. The largest absolute Gasteiger partial charge is 0.446 e. The topological polar surface area (TPSA) is 49.8 Å². The molecule has 1 amide bonds. The van der Waals surface area contributed by atoms with Crippen molar-refractivity contribution in [1.82, 2.24) is 4.90 Å². The molecular weight excluding hydrogens is 275 g/mol. The van der Waals surface area contributed by atoms with Crippen molar-refractivity contribution in [2.24, 2.45) is 17.3 Å². The van der Waals surface area contributed by atoms with E-state index < -0.39 is 30.8 Å². The number of hydrogen-bond donors (Lipinski definition) is 1. The second-order valence-corrected chi connectivity index (χ2v) is 6.75. The number of nitrogens with zero attached hydrogens (tertiary/aromatic N) is 1. The summed E-state index contributed by atoms with van der Waals surface area (Å²) in [5, 5.41) is 9.41. The Kier molecular flexibility index (Phi) is 3.69. The molecule has 1 saturated carbocycles. The average Bonchev–Trinajstić information content (AvgIpc) is 2.90. The van der Waals surface area contributed by atoms with Crippen molar-refractivity contribution in [3.8, 4) is 0 Å². The molecule has 1 aliphatic carbocycles. The van der Waals surface area contributed by atoms with Crippen LogP contribution >= 0.6 is 0 Å². The van der Waals surface area contributed by atoms with Gasteiger partial charge in [-0.05, 0) is 11.8 Å². The molecule has 0 aromatic heterocycles. The van der Waals surface area contributed by atoms with E-state index in [9.17, 15) is 23.1 Å². The minimum absolute atomic E-state index is 0.0178. The first kappa shape index (κ1) is 15.4. The molecule has 4 nitrogen and oxygen atoms in total. The van der Waals surface area contributed by atoms with E-state index in [-0.39, 0.29) is 24.0 Å². The molecule has 2 fully saturated rings. The predicted octanol–water partition coefficient (Wildman–Crippen LogP) is 2.41. The number of aliphatic hydroxyl groups excluding tert-OH is 1. The van der Waals surface area contributed by atoms with Gasteiger partial charge in [-0.25, -0.2) is 4.79 Å². The Labute approximate surface area is 115 Å². The molecule has 0 aromatic rings. The van der Waals surface area contributed by atoms with E-state index in [2.05, 4.69) is 0 Å². The van der Waals surface area contributed by atoms with Gasteiger partial charge in [0.05, 0.1) is 12.6 Å². The molecule has 1 heterocycles. The van der Waals surface area contributed by atoms with E-state index >= 15 is 0 Å². The number of alkyl halides is 3. The minimum Gasteiger partial charge on any atom is -0.446 e. The second-order valence-electron chi connectivity index (χ2n) is 6.75. The van der Waals surface area contributed by atoms with Gasteiger partial charge >= 0.3 is 12.3 Å². The van der Waals surface area contributed by atoms with Crippen molar-refractivity contribution in [2.45, 2.75) is 45.6 Å². The van der Waals surface area contributed by atoms with E-state index in [0.717, 1.165) is 11.3 Å². The van der Waals surface area contributed by atoms with Gasteiger partial charge in [0.1, 0.15) is 12.0 Å². The number of carbonyl (C=O) groups excluding carboxylic acids is 1. The van der Waals surface area contributed by atoms with Crippen LogP contribution in [0, 0.1) is 17.3 Å². The highest BCUT2D eigenvalue weighted by atomic mass is 19.4. The van der Waals surface area contributed by atoms with Crippen LogP contribution < -0.4 is 0 Å². The number of β-amino-alcohol motifs (C(OH)–C–C–N with tert-alkyl or cyclic N) is 1. The van der Waals surface area contributed by atoms with E-state index in [1.54, 1.807) is 0 Å². The van der Waals surface area contributed by atoms with Gasteiger partial charge in [0.2, 0.25) is 0 Å². The Morgan fingerprint density at radius 2 is 1.80 bits per heavy atom. The van der Waals surface area contributed by atoms with Crippen LogP contribution in [0.1, 0.15) is 27.2 Å². The highest BCUT2D eigenvalue weighted by molar-refractivity contribution is 5.68. The fourth-order valence-corrected chi connectivity index (χ4v) is 2.67. The molecule has 2 aliphatic rings. The number of likely N-dealkylation sites (tertiary alicyclic amines) is 1. The lowest BCUT2D eigenvalue weighted by molar-refractivity contribution is -0.188. The second kappa shape index (κ2) is 4.79. The van der Waals surface area contributed by atoms with Crippen LogP contribution in [0.5, 0.6) is 0 Å². The van der Waals surface area contributed by atoms with Gasteiger partial charge in [0.25, 0.3) is 0 Å². The van der Waals surface area contributed by atoms with Gasteiger partial charge < -0.3 is 14.7 Å². The van der Waals surface area contributed by atoms with Crippen molar-refractivity contribution in [3.63, 3.8) is 0 Å². The smallest absolute Gasteiger partial charge is 0.410 e. The van der Waals surface area contributed by atoms with Crippen LogP contribution in [0.15, 0.2) is 0 Å². The van der Waals surface area contributed by atoms with Crippen LogP contribution in [0.4, 0.5) is 18.0 Å². The van der Waals surface area contributed by atoms with E-state index in [0.29, 0.717) is 0 Å². The third-order valence-electron chi connectivity index (χ3n) is 4.06. The Morgan fingerprint density at radius 3 is 2.20 bits per heavy atom. The Hall–Kier alpha value is -0.980. The van der Waals surface area contributed by atoms with E-state index in [1.165, 1.54) is 0 Å². The van der Waals surface area contributed by atoms with E-state index in [1.807, 2.05) is 20.8 Å². The van der Waals surface area contributed by atoms with Gasteiger partial charge in [0.15, 0.2) is 0 Å². The van der Waals surface area contributed by atoms with Crippen LogP contribution in [-0.4, -0.2) is 47.6 Å². The molecule has 1 saturated heterocycles. The zero-order valence-corrected chi connectivity index (χ0v) is 11.8. The molecule has 0 aromatic carbocycles. The van der Waals surface area contributed by atoms with Gasteiger partial charge in [-0.3, -0.25) is 0 Å². The summed E-state index contributed by atoms with van der Waals surface area (Å²) in [4.78, 5) is 12.8. The molecular formula is C13H20F3NO3. The molecule has 20 heavy (non-hydrogen) atoms. The van der Waals surface area contributed by atoms with Crippen LogP contribution in [0.25, 0.3) is 0 Å². The fraction of sp³-hybridized carbons (Fsp3) is 0.923. The number of ether oxygens (including phenoxy) is 1. The maximum absolute atomic E-state index is 12.6. The van der Waals surface area contributed by atoms with Gasteiger partial charge in [-0.2, -0.15) is 13.2 Å². The first-order chi connectivity index (χ1) is 9.00. The summed E-state index contributed by atoms with van der Waals surface area (Å²) in [6.07, 6.45) is -6.30. The normalized spacial score (nSPS) is 34.2. The zero-order chi connectivity index (χ0) is 15.3. The number of halogens is 3. The first-order valence-corrected chi connectivity index (χ1v) is 6.70. The molecule has 1 aliphatic heterocycles. The van der Waals surface area contributed by atoms with Crippen molar-refractivity contribution in [2.75, 3.05) is 13.1 Å². The van der Waals surface area contributed by atoms with Gasteiger partial charge in [-0.1, -0.05) is 20.8 Å². The van der Waals surface area contributed by atoms with Crippen molar-refractivity contribution < 1.29 is 27.8 Å². The van der Waals surface area contributed by atoms with Crippen molar-refractivity contribution in [3.05, 3.63) is 0 Å². The van der Waals surface area contributed by atoms with Crippen molar-refractivity contribution >= 4 is 6.09 Å². The summed E-state index contributed by atoms with van der Waals surface area (Å²) >= 11 is 0. The Morgan fingerprint density at radius 1 is 1.20 bits per heavy atom. The summed E-state index contributed by atoms with van der Waals surface area (Å²) in [6.45, 7) is 5.24. The molecule has 4 unspecified atom stereocenters. The summed E-state index contributed by atoms with van der Waals surface area (Å²) < 4.78 is 43.0. The van der Waals surface area contributed by atoms with Crippen LogP contribution in [0.3, 0.4) is 0 Å². The maximum Gasteiger partial charge on any atom is 0.410 e. The molecule has 2 rings (SSSR count). The molecule has 1 N–H and O–H groups in total. The lowest BCUT2D eigenvalue weighted by Crippen LogP contribution is -2.34. The average molecular weight is 295 g/mol. The van der Waals surface area contributed by atoms with Gasteiger partial charge in [0, 0.05) is 12.5 Å². The van der Waals surface area contributed by atoms with Gasteiger partial charge in [-0.15, -0.1) is 0 Å². The van der Waals surface area contributed by atoms with Crippen LogP contribution in [-0.2, 0) is 4.74 Å². The van der Waals surface area contributed by atoms with E-state index in [4.69, 9.17) is 4.74 Å². The molecule has 7 heteroatoms. The first-order valence-electron chi connectivity index (χ1n) is 6.70. The monoisotopic (exact) mass is 295 g/mol. The minimum atomic E-state index is -4.50. The number of carbonyl (C=O) groups is 1. The SMILES string of the molecule is CC(C)(C)C1CC1OC(=O)N1CC(O)C(C(F)(F)F)C1. The molecule has 0 radical (unpaired) electrons. The molecule has 4 atom stereocenters. The number of hydrogen-bond acceptors (Lipinski definition) is 3. The summed E-state index contributed by atoms with van der Waals surface area (Å²) in [6, 6.07) is 0. The van der Waals surface area contributed by atoms with Crippen LogP contribution in [0.2, 0.25) is 0 Å². The predicted molar refractivity (Wildman–Crippen MR) is 65.0 cm³/mol.